The predicted molar refractivity (Wildman–Crippen MR) is 69.2 cm³/mol. The number of benzene rings is 1. The van der Waals surface area contributed by atoms with Gasteiger partial charge in [0.05, 0.1) is 11.6 Å². The molecule has 1 saturated heterocycles. The van der Waals surface area contributed by atoms with Crippen molar-refractivity contribution in [1.29, 1.82) is 5.26 Å². The fourth-order valence-corrected chi connectivity index (χ4v) is 2.01. The van der Waals surface area contributed by atoms with E-state index >= 15 is 0 Å². The van der Waals surface area contributed by atoms with Gasteiger partial charge >= 0.3 is 6.03 Å². The SMILES string of the molecule is CNC1CCN(C(=O)Nc2ccc(C#N)cc2)C1. The molecule has 2 amide bonds. The topological polar surface area (TPSA) is 68.2 Å². The average Bonchev–Trinajstić information content (AvgIpc) is 2.88. The number of amides is 2. The average molecular weight is 244 g/mol. The van der Waals surface area contributed by atoms with Gasteiger partial charge in [-0.15, -0.1) is 0 Å². The molecule has 0 aliphatic carbocycles. The summed E-state index contributed by atoms with van der Waals surface area (Å²) in [5.41, 5.74) is 1.30. The van der Waals surface area contributed by atoms with Crippen molar-refractivity contribution in [3.8, 4) is 6.07 Å². The summed E-state index contributed by atoms with van der Waals surface area (Å²) < 4.78 is 0. The third-order valence-electron chi connectivity index (χ3n) is 3.15. The molecule has 5 heteroatoms. The maximum atomic E-state index is 12.0. The van der Waals surface area contributed by atoms with Crippen molar-refractivity contribution in [3.05, 3.63) is 29.8 Å². The number of urea groups is 1. The third kappa shape index (κ3) is 2.79. The number of nitrogens with zero attached hydrogens (tertiary/aromatic N) is 2. The molecule has 18 heavy (non-hydrogen) atoms. The highest BCUT2D eigenvalue weighted by Crippen LogP contribution is 2.13. The van der Waals surface area contributed by atoms with Crippen molar-refractivity contribution in [1.82, 2.24) is 10.2 Å². The number of likely N-dealkylation sites (N-methyl/N-ethyl adjacent to an activating group) is 1. The number of likely N-dealkylation sites (tertiary alicyclic amines) is 1. The van der Waals surface area contributed by atoms with Crippen LogP contribution in [0.25, 0.3) is 0 Å². The van der Waals surface area contributed by atoms with E-state index in [1.165, 1.54) is 0 Å². The first-order chi connectivity index (χ1) is 8.72. The fourth-order valence-electron chi connectivity index (χ4n) is 2.01. The summed E-state index contributed by atoms with van der Waals surface area (Å²) in [6.07, 6.45) is 0.983. The molecule has 0 spiro atoms. The van der Waals surface area contributed by atoms with E-state index in [4.69, 9.17) is 5.26 Å². The van der Waals surface area contributed by atoms with Crippen LogP contribution in [0.5, 0.6) is 0 Å². The molecule has 1 aromatic carbocycles. The Labute approximate surface area is 106 Å². The van der Waals surface area contributed by atoms with E-state index in [1.54, 1.807) is 29.2 Å². The Hall–Kier alpha value is -2.06. The van der Waals surface area contributed by atoms with Crippen molar-refractivity contribution < 1.29 is 4.79 Å². The zero-order valence-electron chi connectivity index (χ0n) is 10.3. The minimum atomic E-state index is -0.0857. The minimum absolute atomic E-state index is 0.0857. The Morgan fingerprint density at radius 1 is 1.44 bits per heavy atom. The zero-order chi connectivity index (χ0) is 13.0. The Morgan fingerprint density at radius 3 is 2.72 bits per heavy atom. The van der Waals surface area contributed by atoms with Gasteiger partial charge in [0.2, 0.25) is 0 Å². The molecule has 1 aliphatic heterocycles. The Bertz CT molecular complexity index is 463. The number of hydrogen-bond donors (Lipinski definition) is 2. The number of carbonyl (C=O) groups is 1. The fraction of sp³-hybridized carbons (Fsp3) is 0.385. The van der Waals surface area contributed by atoms with Crippen molar-refractivity contribution in [2.24, 2.45) is 0 Å². The molecular weight excluding hydrogens is 228 g/mol. The second-order valence-corrected chi connectivity index (χ2v) is 4.34. The number of anilines is 1. The molecule has 1 atom stereocenters. The molecule has 5 nitrogen and oxygen atoms in total. The molecule has 1 unspecified atom stereocenters. The van der Waals surface area contributed by atoms with Crippen LogP contribution in [0, 0.1) is 11.3 Å². The summed E-state index contributed by atoms with van der Waals surface area (Å²) >= 11 is 0. The van der Waals surface area contributed by atoms with Gasteiger partial charge in [0.1, 0.15) is 0 Å². The highest BCUT2D eigenvalue weighted by atomic mass is 16.2. The largest absolute Gasteiger partial charge is 0.323 e. The summed E-state index contributed by atoms with van der Waals surface area (Å²) in [7, 11) is 1.91. The molecule has 2 rings (SSSR count). The summed E-state index contributed by atoms with van der Waals surface area (Å²) in [6, 6.07) is 9.20. The minimum Gasteiger partial charge on any atom is -0.323 e. The first-order valence-corrected chi connectivity index (χ1v) is 5.96. The quantitative estimate of drug-likeness (QED) is 0.826. The van der Waals surface area contributed by atoms with Gasteiger partial charge in [-0.25, -0.2) is 4.79 Å². The molecular formula is C13H16N4O. The maximum Gasteiger partial charge on any atom is 0.321 e. The lowest BCUT2D eigenvalue weighted by Gasteiger charge is -2.17. The molecule has 94 valence electrons. The number of nitriles is 1. The Kier molecular flexibility index (Phi) is 3.80. The lowest BCUT2D eigenvalue weighted by atomic mass is 10.2. The van der Waals surface area contributed by atoms with E-state index in [9.17, 15) is 4.79 Å². The molecule has 0 saturated carbocycles. The number of nitrogens with one attached hydrogen (secondary N) is 2. The van der Waals surface area contributed by atoms with Crippen molar-refractivity contribution in [3.63, 3.8) is 0 Å². The third-order valence-corrected chi connectivity index (χ3v) is 3.15. The van der Waals surface area contributed by atoms with Crippen LogP contribution in [0.4, 0.5) is 10.5 Å². The van der Waals surface area contributed by atoms with Gasteiger partial charge < -0.3 is 15.5 Å². The molecule has 1 aromatic rings. The highest BCUT2D eigenvalue weighted by molar-refractivity contribution is 5.89. The van der Waals surface area contributed by atoms with E-state index in [2.05, 4.69) is 10.6 Å². The van der Waals surface area contributed by atoms with E-state index in [-0.39, 0.29) is 6.03 Å². The molecule has 1 fully saturated rings. The van der Waals surface area contributed by atoms with Gasteiger partial charge in [-0.2, -0.15) is 5.26 Å². The summed E-state index contributed by atoms with van der Waals surface area (Å²) in [5, 5.41) is 14.7. The van der Waals surface area contributed by atoms with Gasteiger partial charge in [0.25, 0.3) is 0 Å². The van der Waals surface area contributed by atoms with Crippen LogP contribution in [0.3, 0.4) is 0 Å². The van der Waals surface area contributed by atoms with Crippen LogP contribution >= 0.6 is 0 Å². The van der Waals surface area contributed by atoms with E-state index in [0.29, 0.717) is 17.3 Å². The number of carbonyl (C=O) groups excluding carboxylic acids is 1. The molecule has 2 N–H and O–H groups in total. The smallest absolute Gasteiger partial charge is 0.321 e. The summed E-state index contributed by atoms with van der Waals surface area (Å²) in [4.78, 5) is 13.7. The van der Waals surface area contributed by atoms with Crippen molar-refractivity contribution in [2.75, 3.05) is 25.5 Å². The standard InChI is InChI=1S/C13H16N4O/c1-15-12-6-7-17(9-12)13(18)16-11-4-2-10(8-14)3-5-11/h2-5,12,15H,6-7,9H2,1H3,(H,16,18). The van der Waals surface area contributed by atoms with E-state index < -0.39 is 0 Å². The second kappa shape index (κ2) is 5.52. The maximum absolute atomic E-state index is 12.0. The molecule has 0 aromatic heterocycles. The summed E-state index contributed by atoms with van der Waals surface area (Å²) in [5.74, 6) is 0. The predicted octanol–water partition coefficient (Wildman–Crippen LogP) is 1.38. The van der Waals surface area contributed by atoms with Gasteiger partial charge in [0, 0.05) is 24.8 Å². The van der Waals surface area contributed by atoms with Crippen LogP contribution in [0.1, 0.15) is 12.0 Å². The number of hydrogen-bond acceptors (Lipinski definition) is 3. The van der Waals surface area contributed by atoms with Crippen LogP contribution in [0.2, 0.25) is 0 Å². The first-order valence-electron chi connectivity index (χ1n) is 5.96. The molecule has 1 heterocycles. The Morgan fingerprint density at radius 2 is 2.17 bits per heavy atom. The van der Waals surface area contributed by atoms with Gasteiger partial charge in [0.15, 0.2) is 0 Å². The number of rotatable bonds is 2. The van der Waals surface area contributed by atoms with Crippen molar-refractivity contribution >= 4 is 11.7 Å². The first kappa shape index (κ1) is 12.4. The van der Waals surface area contributed by atoms with Gasteiger partial charge in [-0.3, -0.25) is 0 Å². The second-order valence-electron chi connectivity index (χ2n) is 4.34. The van der Waals surface area contributed by atoms with Crippen LogP contribution in [-0.2, 0) is 0 Å². The van der Waals surface area contributed by atoms with E-state index in [0.717, 1.165) is 19.5 Å². The Balaban J connectivity index is 1.93. The lowest BCUT2D eigenvalue weighted by Crippen LogP contribution is -2.36. The van der Waals surface area contributed by atoms with E-state index in [1.807, 2.05) is 13.1 Å². The summed E-state index contributed by atoms with van der Waals surface area (Å²) in [6.45, 7) is 1.51. The molecule has 0 radical (unpaired) electrons. The monoisotopic (exact) mass is 244 g/mol. The van der Waals surface area contributed by atoms with Crippen LogP contribution in [0.15, 0.2) is 24.3 Å². The zero-order valence-corrected chi connectivity index (χ0v) is 10.3. The van der Waals surface area contributed by atoms with Crippen molar-refractivity contribution in [2.45, 2.75) is 12.5 Å². The molecule has 0 bridgehead atoms. The highest BCUT2D eigenvalue weighted by Gasteiger charge is 2.24. The molecule has 1 aliphatic rings. The van der Waals surface area contributed by atoms with Crippen LogP contribution < -0.4 is 10.6 Å². The lowest BCUT2D eigenvalue weighted by molar-refractivity contribution is 0.221. The van der Waals surface area contributed by atoms with Gasteiger partial charge in [-0.05, 0) is 37.7 Å². The normalized spacial score (nSPS) is 18.4. The van der Waals surface area contributed by atoms with Crippen LogP contribution in [-0.4, -0.2) is 37.1 Å². The van der Waals surface area contributed by atoms with Gasteiger partial charge in [-0.1, -0.05) is 0 Å².